The maximum absolute atomic E-state index is 11.3. The molecule has 6 nitrogen and oxygen atoms in total. The van der Waals surface area contributed by atoms with Crippen LogP contribution in [0.2, 0.25) is 0 Å². The topological polar surface area (TPSA) is 85.5 Å². The van der Waals surface area contributed by atoms with Gasteiger partial charge in [0.25, 0.3) is 0 Å². The minimum Gasteiger partial charge on any atom is -0.491 e. The van der Waals surface area contributed by atoms with Crippen molar-refractivity contribution in [3.63, 3.8) is 0 Å². The van der Waals surface area contributed by atoms with Crippen molar-refractivity contribution in [2.75, 3.05) is 18.1 Å². The largest absolute Gasteiger partial charge is 0.491 e. The Morgan fingerprint density at radius 2 is 2.04 bits per heavy atom. The first-order valence-electron chi connectivity index (χ1n) is 8.37. The standard InChI is InChI=1S/C18H19N3O3S2/c19-26(22,23)15-5-3-14(4-6-15)24-12-13-2-1-10-21(13)17-7-9-20-16-8-11-25-18(16)17/h3-9,11,13H,1-2,10,12H2,(H2,19,22,23). The first-order valence-corrected chi connectivity index (χ1v) is 10.8. The van der Waals surface area contributed by atoms with E-state index in [0.29, 0.717) is 12.4 Å². The fraction of sp³-hybridized carbons (Fsp3) is 0.278. The minimum atomic E-state index is -3.68. The number of thiophene rings is 1. The van der Waals surface area contributed by atoms with E-state index in [0.717, 1.165) is 24.9 Å². The first kappa shape index (κ1) is 17.3. The number of benzene rings is 1. The number of fused-ring (bicyclic) bond motifs is 1. The highest BCUT2D eigenvalue weighted by atomic mass is 32.2. The van der Waals surface area contributed by atoms with Crippen molar-refractivity contribution >= 4 is 37.3 Å². The van der Waals surface area contributed by atoms with Crippen LogP contribution in [-0.2, 0) is 10.0 Å². The number of nitrogens with two attached hydrogens (primary N) is 1. The van der Waals surface area contributed by atoms with Gasteiger partial charge in [-0.1, -0.05) is 0 Å². The van der Waals surface area contributed by atoms with Crippen LogP contribution in [0.25, 0.3) is 10.2 Å². The predicted octanol–water partition coefficient (Wildman–Crippen LogP) is 2.99. The van der Waals surface area contributed by atoms with Crippen LogP contribution in [0.1, 0.15) is 12.8 Å². The van der Waals surface area contributed by atoms with Gasteiger partial charge in [-0.15, -0.1) is 11.3 Å². The van der Waals surface area contributed by atoms with Crippen molar-refractivity contribution in [1.82, 2.24) is 4.98 Å². The summed E-state index contributed by atoms with van der Waals surface area (Å²) in [7, 11) is -3.68. The summed E-state index contributed by atoms with van der Waals surface area (Å²) in [6, 6.07) is 10.6. The second kappa shape index (κ2) is 6.86. The molecule has 2 N–H and O–H groups in total. The van der Waals surface area contributed by atoms with E-state index in [4.69, 9.17) is 9.88 Å². The van der Waals surface area contributed by atoms with Crippen molar-refractivity contribution in [3.05, 3.63) is 48.0 Å². The zero-order valence-corrected chi connectivity index (χ0v) is 15.7. The molecular formula is C18H19N3O3S2. The van der Waals surface area contributed by atoms with Gasteiger partial charge < -0.3 is 9.64 Å². The van der Waals surface area contributed by atoms with Crippen LogP contribution in [0.3, 0.4) is 0 Å². The lowest BCUT2D eigenvalue weighted by Gasteiger charge is -2.27. The highest BCUT2D eigenvalue weighted by Gasteiger charge is 2.27. The van der Waals surface area contributed by atoms with E-state index in [1.54, 1.807) is 23.5 Å². The van der Waals surface area contributed by atoms with Crippen LogP contribution in [0, 0.1) is 0 Å². The summed E-state index contributed by atoms with van der Waals surface area (Å²) in [5.41, 5.74) is 2.23. The van der Waals surface area contributed by atoms with Gasteiger partial charge in [-0.2, -0.15) is 0 Å². The van der Waals surface area contributed by atoms with Gasteiger partial charge in [0.1, 0.15) is 12.4 Å². The second-order valence-corrected chi connectivity index (χ2v) is 8.76. The molecule has 2 aromatic heterocycles. The van der Waals surface area contributed by atoms with E-state index in [1.807, 2.05) is 12.3 Å². The normalized spacial score (nSPS) is 17.7. The Balaban J connectivity index is 1.49. The summed E-state index contributed by atoms with van der Waals surface area (Å²) in [6.45, 7) is 1.54. The molecule has 8 heteroatoms. The molecule has 0 amide bonds. The van der Waals surface area contributed by atoms with Gasteiger partial charge in [-0.25, -0.2) is 13.6 Å². The quantitative estimate of drug-likeness (QED) is 0.725. The van der Waals surface area contributed by atoms with E-state index in [-0.39, 0.29) is 10.9 Å². The van der Waals surface area contributed by atoms with Gasteiger partial charge in [-0.3, -0.25) is 4.98 Å². The fourth-order valence-corrected chi connectivity index (χ4v) is 4.73. The Hall–Kier alpha value is -2.16. The number of hydrogen-bond donors (Lipinski definition) is 1. The maximum atomic E-state index is 11.3. The van der Waals surface area contributed by atoms with Crippen LogP contribution in [0.15, 0.2) is 52.9 Å². The molecule has 1 aromatic carbocycles. The van der Waals surface area contributed by atoms with E-state index in [1.165, 1.54) is 22.5 Å². The third kappa shape index (κ3) is 3.40. The van der Waals surface area contributed by atoms with E-state index in [2.05, 4.69) is 21.3 Å². The van der Waals surface area contributed by atoms with Gasteiger partial charge in [0.05, 0.1) is 26.8 Å². The average Bonchev–Trinajstić information content (AvgIpc) is 3.28. The molecule has 136 valence electrons. The molecule has 1 fully saturated rings. The third-order valence-electron chi connectivity index (χ3n) is 4.60. The Kier molecular flexibility index (Phi) is 4.56. The van der Waals surface area contributed by atoms with Crippen LogP contribution in [0.5, 0.6) is 5.75 Å². The van der Waals surface area contributed by atoms with Crippen molar-refractivity contribution < 1.29 is 13.2 Å². The lowest BCUT2D eigenvalue weighted by Crippen LogP contribution is -2.34. The maximum Gasteiger partial charge on any atom is 0.238 e. The van der Waals surface area contributed by atoms with Gasteiger partial charge >= 0.3 is 0 Å². The molecule has 1 saturated heterocycles. The molecule has 1 aliphatic rings. The molecule has 0 saturated carbocycles. The van der Waals surface area contributed by atoms with Crippen LogP contribution >= 0.6 is 11.3 Å². The lowest BCUT2D eigenvalue weighted by molar-refractivity contribution is 0.288. The molecule has 3 aromatic rings. The molecule has 1 atom stereocenters. The number of anilines is 1. The summed E-state index contributed by atoms with van der Waals surface area (Å²) < 4.78 is 29.8. The predicted molar refractivity (Wildman–Crippen MR) is 103 cm³/mol. The number of aromatic nitrogens is 1. The zero-order valence-electron chi connectivity index (χ0n) is 14.0. The minimum absolute atomic E-state index is 0.0872. The zero-order chi connectivity index (χ0) is 18.1. The van der Waals surface area contributed by atoms with Gasteiger partial charge in [0.2, 0.25) is 10.0 Å². The van der Waals surface area contributed by atoms with E-state index in [9.17, 15) is 8.42 Å². The van der Waals surface area contributed by atoms with Crippen molar-refractivity contribution in [2.45, 2.75) is 23.8 Å². The Morgan fingerprint density at radius 3 is 2.81 bits per heavy atom. The number of hydrogen-bond acceptors (Lipinski definition) is 6. The van der Waals surface area contributed by atoms with Crippen molar-refractivity contribution in [1.29, 1.82) is 0 Å². The van der Waals surface area contributed by atoms with E-state index < -0.39 is 10.0 Å². The van der Waals surface area contributed by atoms with Gasteiger partial charge in [0, 0.05) is 12.7 Å². The monoisotopic (exact) mass is 389 g/mol. The molecule has 0 aliphatic carbocycles. The fourth-order valence-electron chi connectivity index (χ4n) is 3.33. The highest BCUT2D eigenvalue weighted by Crippen LogP contribution is 2.34. The summed E-state index contributed by atoms with van der Waals surface area (Å²) >= 11 is 1.71. The van der Waals surface area contributed by atoms with E-state index >= 15 is 0 Å². The van der Waals surface area contributed by atoms with Crippen LogP contribution in [0.4, 0.5) is 5.69 Å². The van der Waals surface area contributed by atoms with Crippen LogP contribution < -0.4 is 14.8 Å². The molecule has 0 radical (unpaired) electrons. The molecule has 1 aliphatic heterocycles. The smallest absolute Gasteiger partial charge is 0.238 e. The third-order valence-corrected chi connectivity index (χ3v) is 6.46. The summed E-state index contributed by atoms with van der Waals surface area (Å²) in [5.74, 6) is 0.639. The Labute approximate surface area is 156 Å². The number of pyridine rings is 1. The van der Waals surface area contributed by atoms with Gasteiger partial charge in [-0.05, 0) is 54.6 Å². The lowest BCUT2D eigenvalue weighted by atomic mass is 10.2. The average molecular weight is 390 g/mol. The van der Waals surface area contributed by atoms with Gasteiger partial charge in [0.15, 0.2) is 0 Å². The number of nitrogens with zero attached hydrogens (tertiary/aromatic N) is 2. The highest BCUT2D eigenvalue weighted by molar-refractivity contribution is 7.89. The number of primary sulfonamides is 1. The molecular weight excluding hydrogens is 370 g/mol. The number of sulfonamides is 1. The summed E-state index contributed by atoms with van der Waals surface area (Å²) in [6.07, 6.45) is 4.03. The molecule has 0 spiro atoms. The number of rotatable bonds is 5. The molecule has 0 bridgehead atoms. The Bertz CT molecular complexity index is 1020. The van der Waals surface area contributed by atoms with Crippen LogP contribution in [-0.4, -0.2) is 32.6 Å². The number of ether oxygens (including phenoxy) is 1. The second-order valence-electron chi connectivity index (χ2n) is 6.28. The molecule has 4 rings (SSSR count). The molecule has 26 heavy (non-hydrogen) atoms. The summed E-state index contributed by atoms with van der Waals surface area (Å²) in [4.78, 5) is 6.89. The first-order chi connectivity index (χ1) is 12.5. The molecule has 3 heterocycles. The van der Waals surface area contributed by atoms with Crippen molar-refractivity contribution in [3.8, 4) is 5.75 Å². The molecule has 1 unspecified atom stereocenters. The van der Waals surface area contributed by atoms with Crippen molar-refractivity contribution in [2.24, 2.45) is 5.14 Å². The summed E-state index contributed by atoms with van der Waals surface area (Å²) in [5, 5.41) is 7.19. The SMILES string of the molecule is NS(=O)(=O)c1ccc(OCC2CCCN2c2ccnc3ccsc23)cc1. The Morgan fingerprint density at radius 1 is 1.23 bits per heavy atom.